The lowest BCUT2D eigenvalue weighted by Gasteiger charge is -2.35. The quantitative estimate of drug-likeness (QED) is 0.908. The van der Waals surface area contributed by atoms with Crippen LogP contribution in [0.5, 0.6) is 0 Å². The number of carbonyl (C=O) groups is 1. The Kier molecular flexibility index (Phi) is 5.06. The molecule has 0 unspecified atom stereocenters. The Morgan fingerprint density at radius 1 is 1.25 bits per heavy atom. The molecule has 2 saturated heterocycles. The van der Waals surface area contributed by atoms with Gasteiger partial charge in [0.15, 0.2) is 5.01 Å². The van der Waals surface area contributed by atoms with Gasteiger partial charge in [-0.05, 0) is 56.2 Å². The number of aromatic nitrogens is 1. The number of hydrogen-bond donors (Lipinski definition) is 1. The average Bonchev–Trinajstić information content (AvgIpc) is 3.29. The standard InChI is InChI=1S/C18H23N3OS2/c22-17(18-20-15-3-1-2-4-16(15)24-18)19-11-13-5-8-21(9-6-13)14-7-10-23-12-14/h1-4,13-14H,5-12H2,(H,19,22)/t14-/m1/s1. The molecule has 1 atom stereocenters. The number of likely N-dealkylation sites (tertiary alicyclic amines) is 1. The number of carbonyl (C=O) groups excluding carboxylic acids is 1. The van der Waals surface area contributed by atoms with E-state index < -0.39 is 0 Å². The highest BCUT2D eigenvalue weighted by Crippen LogP contribution is 2.27. The summed E-state index contributed by atoms with van der Waals surface area (Å²) >= 11 is 3.56. The van der Waals surface area contributed by atoms with Gasteiger partial charge in [0.05, 0.1) is 10.2 Å². The zero-order valence-corrected chi connectivity index (χ0v) is 15.4. The van der Waals surface area contributed by atoms with Crippen LogP contribution in [0.3, 0.4) is 0 Å². The first-order valence-electron chi connectivity index (χ1n) is 8.75. The number of piperidine rings is 1. The van der Waals surface area contributed by atoms with Crippen LogP contribution in [-0.4, -0.2) is 53.0 Å². The van der Waals surface area contributed by atoms with Crippen molar-refractivity contribution in [3.8, 4) is 0 Å². The number of amides is 1. The van der Waals surface area contributed by atoms with Gasteiger partial charge in [0, 0.05) is 18.3 Å². The van der Waals surface area contributed by atoms with Crippen molar-refractivity contribution in [3.63, 3.8) is 0 Å². The first kappa shape index (κ1) is 16.4. The average molecular weight is 362 g/mol. The van der Waals surface area contributed by atoms with Gasteiger partial charge in [-0.15, -0.1) is 11.3 Å². The van der Waals surface area contributed by atoms with Gasteiger partial charge in [-0.1, -0.05) is 12.1 Å². The number of hydrogen-bond acceptors (Lipinski definition) is 5. The predicted molar refractivity (Wildman–Crippen MR) is 102 cm³/mol. The Hall–Kier alpha value is -1.11. The molecule has 0 saturated carbocycles. The third-order valence-electron chi connectivity index (χ3n) is 5.11. The molecule has 3 heterocycles. The number of para-hydroxylation sites is 1. The SMILES string of the molecule is O=C(NCC1CCN([C@@H]2CCSC2)CC1)c1nc2ccccc2s1. The van der Waals surface area contributed by atoms with Crippen LogP contribution >= 0.6 is 23.1 Å². The lowest BCUT2D eigenvalue weighted by Crippen LogP contribution is -2.43. The molecule has 0 aliphatic carbocycles. The van der Waals surface area contributed by atoms with E-state index >= 15 is 0 Å². The molecular weight excluding hydrogens is 338 g/mol. The highest BCUT2D eigenvalue weighted by Gasteiger charge is 2.27. The molecule has 1 aromatic heterocycles. The molecule has 1 aromatic carbocycles. The summed E-state index contributed by atoms with van der Waals surface area (Å²) in [4.78, 5) is 19.4. The van der Waals surface area contributed by atoms with E-state index in [4.69, 9.17) is 0 Å². The maximum absolute atomic E-state index is 12.4. The van der Waals surface area contributed by atoms with Gasteiger partial charge < -0.3 is 5.32 Å². The molecule has 2 aromatic rings. The number of nitrogens with zero attached hydrogens (tertiary/aromatic N) is 2. The fourth-order valence-corrected chi connectivity index (χ4v) is 5.75. The maximum atomic E-state index is 12.4. The van der Waals surface area contributed by atoms with Crippen molar-refractivity contribution in [2.75, 3.05) is 31.1 Å². The molecule has 2 aliphatic heterocycles. The monoisotopic (exact) mass is 361 g/mol. The second-order valence-electron chi connectivity index (χ2n) is 6.69. The summed E-state index contributed by atoms with van der Waals surface area (Å²) in [6.45, 7) is 3.15. The molecule has 1 amide bonds. The number of benzene rings is 1. The van der Waals surface area contributed by atoms with E-state index in [1.807, 2.05) is 24.3 Å². The molecule has 128 valence electrons. The van der Waals surface area contributed by atoms with Crippen molar-refractivity contribution in [2.45, 2.75) is 25.3 Å². The molecule has 4 nitrogen and oxygen atoms in total. The Bertz CT molecular complexity index is 670. The first-order chi connectivity index (χ1) is 11.8. The fourth-order valence-electron chi connectivity index (χ4n) is 3.61. The van der Waals surface area contributed by atoms with Crippen LogP contribution in [0.2, 0.25) is 0 Å². The summed E-state index contributed by atoms with van der Waals surface area (Å²) in [7, 11) is 0. The van der Waals surface area contributed by atoms with Crippen LogP contribution in [-0.2, 0) is 0 Å². The number of thiazole rings is 1. The van der Waals surface area contributed by atoms with E-state index in [0.29, 0.717) is 10.9 Å². The summed E-state index contributed by atoms with van der Waals surface area (Å²) < 4.78 is 1.07. The summed E-state index contributed by atoms with van der Waals surface area (Å²) in [6, 6.07) is 8.72. The minimum absolute atomic E-state index is 0.0224. The molecule has 24 heavy (non-hydrogen) atoms. The topological polar surface area (TPSA) is 45.2 Å². The van der Waals surface area contributed by atoms with Crippen molar-refractivity contribution < 1.29 is 4.79 Å². The van der Waals surface area contributed by atoms with Crippen LogP contribution in [0, 0.1) is 5.92 Å². The zero-order chi connectivity index (χ0) is 16.4. The molecule has 2 fully saturated rings. The van der Waals surface area contributed by atoms with Crippen LogP contribution < -0.4 is 5.32 Å². The Balaban J connectivity index is 1.27. The van der Waals surface area contributed by atoms with E-state index in [0.717, 1.165) is 22.8 Å². The summed E-state index contributed by atoms with van der Waals surface area (Å²) in [5.41, 5.74) is 0.912. The van der Waals surface area contributed by atoms with Gasteiger partial charge in [0.25, 0.3) is 5.91 Å². The van der Waals surface area contributed by atoms with Crippen molar-refractivity contribution in [2.24, 2.45) is 5.92 Å². The normalized spacial score (nSPS) is 22.9. The van der Waals surface area contributed by atoms with E-state index in [1.165, 1.54) is 55.2 Å². The smallest absolute Gasteiger partial charge is 0.280 e. The Morgan fingerprint density at radius 3 is 2.83 bits per heavy atom. The molecule has 2 aliphatic rings. The summed E-state index contributed by atoms with van der Waals surface area (Å²) in [5.74, 6) is 3.21. The van der Waals surface area contributed by atoms with E-state index in [-0.39, 0.29) is 5.91 Å². The van der Waals surface area contributed by atoms with Gasteiger partial charge >= 0.3 is 0 Å². The van der Waals surface area contributed by atoms with Crippen molar-refractivity contribution in [3.05, 3.63) is 29.3 Å². The van der Waals surface area contributed by atoms with Gasteiger partial charge in [-0.2, -0.15) is 11.8 Å². The number of fused-ring (bicyclic) bond motifs is 1. The molecule has 0 radical (unpaired) electrons. The maximum Gasteiger partial charge on any atom is 0.280 e. The third kappa shape index (κ3) is 3.60. The molecule has 0 spiro atoms. The van der Waals surface area contributed by atoms with E-state index in [1.54, 1.807) is 0 Å². The summed E-state index contributed by atoms with van der Waals surface area (Å²) in [6.07, 6.45) is 3.74. The molecular formula is C18H23N3OS2. The van der Waals surface area contributed by atoms with E-state index in [9.17, 15) is 4.79 Å². The lowest BCUT2D eigenvalue weighted by molar-refractivity contribution is 0.0928. The minimum Gasteiger partial charge on any atom is -0.350 e. The van der Waals surface area contributed by atoms with Gasteiger partial charge in [0.2, 0.25) is 0 Å². The Morgan fingerprint density at radius 2 is 2.08 bits per heavy atom. The fraction of sp³-hybridized carbons (Fsp3) is 0.556. The molecule has 4 rings (SSSR count). The lowest BCUT2D eigenvalue weighted by atomic mass is 9.95. The number of thioether (sulfide) groups is 1. The van der Waals surface area contributed by atoms with Gasteiger partial charge in [-0.3, -0.25) is 9.69 Å². The third-order valence-corrected chi connectivity index (χ3v) is 7.29. The Labute approximate surface area is 151 Å². The largest absolute Gasteiger partial charge is 0.350 e. The summed E-state index contributed by atoms with van der Waals surface area (Å²) in [5, 5.41) is 3.68. The van der Waals surface area contributed by atoms with Gasteiger partial charge in [0.1, 0.15) is 0 Å². The van der Waals surface area contributed by atoms with Crippen molar-refractivity contribution in [1.82, 2.24) is 15.2 Å². The van der Waals surface area contributed by atoms with Crippen molar-refractivity contribution >= 4 is 39.2 Å². The highest BCUT2D eigenvalue weighted by atomic mass is 32.2. The second-order valence-corrected chi connectivity index (χ2v) is 8.87. The molecule has 6 heteroatoms. The second kappa shape index (κ2) is 7.42. The van der Waals surface area contributed by atoms with Crippen LogP contribution in [0.15, 0.2) is 24.3 Å². The predicted octanol–water partition coefficient (Wildman–Crippen LogP) is 3.24. The first-order valence-corrected chi connectivity index (χ1v) is 10.7. The van der Waals surface area contributed by atoms with Crippen molar-refractivity contribution in [1.29, 1.82) is 0 Å². The zero-order valence-electron chi connectivity index (χ0n) is 13.7. The number of nitrogens with one attached hydrogen (secondary N) is 1. The number of rotatable bonds is 4. The minimum atomic E-state index is -0.0224. The molecule has 1 N–H and O–H groups in total. The van der Waals surface area contributed by atoms with Gasteiger partial charge in [-0.25, -0.2) is 4.98 Å². The van der Waals surface area contributed by atoms with Crippen LogP contribution in [0.25, 0.3) is 10.2 Å². The van der Waals surface area contributed by atoms with E-state index in [2.05, 4.69) is 27.0 Å². The highest BCUT2D eigenvalue weighted by molar-refractivity contribution is 7.99. The van der Waals surface area contributed by atoms with Crippen LogP contribution in [0.1, 0.15) is 29.1 Å². The van der Waals surface area contributed by atoms with Crippen LogP contribution in [0.4, 0.5) is 0 Å². The molecule has 0 bridgehead atoms.